The molecule has 0 aromatic carbocycles. The standard InChI is InChI=1S/C8H17NO4S/c1-7(3-4-8(10)11)5-6-9-14(2,12)13/h7,9H,3-6H2,1-2H3,(H,10,11). The van der Waals surface area contributed by atoms with Gasteiger partial charge in [0.1, 0.15) is 0 Å². The van der Waals surface area contributed by atoms with Crippen molar-refractivity contribution in [3.05, 3.63) is 0 Å². The molecule has 84 valence electrons. The molecule has 0 saturated heterocycles. The molecule has 0 spiro atoms. The van der Waals surface area contributed by atoms with Crippen LogP contribution >= 0.6 is 0 Å². The summed E-state index contributed by atoms with van der Waals surface area (Å²) in [4.78, 5) is 10.2. The minimum atomic E-state index is -3.12. The lowest BCUT2D eigenvalue weighted by molar-refractivity contribution is -0.137. The molecule has 2 N–H and O–H groups in total. The Hall–Kier alpha value is -0.620. The van der Waals surface area contributed by atoms with Crippen molar-refractivity contribution in [3.8, 4) is 0 Å². The minimum absolute atomic E-state index is 0.139. The minimum Gasteiger partial charge on any atom is -0.481 e. The topological polar surface area (TPSA) is 83.5 Å². The Morgan fingerprint density at radius 2 is 2.00 bits per heavy atom. The summed E-state index contributed by atoms with van der Waals surface area (Å²) < 4.78 is 23.7. The van der Waals surface area contributed by atoms with Crippen molar-refractivity contribution in [1.29, 1.82) is 0 Å². The highest BCUT2D eigenvalue weighted by atomic mass is 32.2. The molecule has 6 heteroatoms. The van der Waals surface area contributed by atoms with Crippen molar-refractivity contribution in [2.75, 3.05) is 12.8 Å². The Bertz CT molecular complexity index is 273. The molecule has 0 aliphatic rings. The highest BCUT2D eigenvalue weighted by Gasteiger charge is 2.06. The summed E-state index contributed by atoms with van der Waals surface area (Å²) in [5.74, 6) is -0.590. The zero-order valence-corrected chi connectivity index (χ0v) is 9.30. The third-order valence-electron chi connectivity index (χ3n) is 1.85. The fourth-order valence-corrected chi connectivity index (χ4v) is 1.49. The summed E-state index contributed by atoms with van der Waals surface area (Å²) >= 11 is 0. The second-order valence-electron chi connectivity index (χ2n) is 3.49. The number of rotatable bonds is 7. The van der Waals surface area contributed by atoms with E-state index in [0.29, 0.717) is 19.4 Å². The van der Waals surface area contributed by atoms with Crippen LogP contribution < -0.4 is 4.72 Å². The Kier molecular flexibility index (Phi) is 5.71. The van der Waals surface area contributed by atoms with Gasteiger partial charge in [-0.1, -0.05) is 6.92 Å². The average Bonchev–Trinajstić information content (AvgIpc) is 1.98. The van der Waals surface area contributed by atoms with E-state index in [2.05, 4.69) is 4.72 Å². The number of sulfonamides is 1. The van der Waals surface area contributed by atoms with Gasteiger partial charge in [0.05, 0.1) is 6.26 Å². The summed E-state index contributed by atoms with van der Waals surface area (Å²) in [5, 5.41) is 8.41. The molecule has 14 heavy (non-hydrogen) atoms. The van der Waals surface area contributed by atoms with Crippen molar-refractivity contribution >= 4 is 16.0 Å². The van der Waals surface area contributed by atoms with E-state index in [-0.39, 0.29) is 12.3 Å². The normalized spacial score (nSPS) is 13.9. The molecule has 5 nitrogen and oxygen atoms in total. The SMILES string of the molecule is CC(CCNS(C)(=O)=O)CCC(=O)O. The molecule has 1 unspecified atom stereocenters. The third kappa shape index (κ3) is 9.47. The molecule has 0 radical (unpaired) electrons. The van der Waals surface area contributed by atoms with Crippen LogP contribution in [-0.4, -0.2) is 32.3 Å². The van der Waals surface area contributed by atoms with Crippen LogP contribution in [0.4, 0.5) is 0 Å². The lowest BCUT2D eigenvalue weighted by atomic mass is 10.0. The Balaban J connectivity index is 3.54. The van der Waals surface area contributed by atoms with E-state index in [1.54, 1.807) is 0 Å². The van der Waals surface area contributed by atoms with E-state index in [0.717, 1.165) is 6.26 Å². The number of aliphatic carboxylic acids is 1. The predicted molar refractivity (Wildman–Crippen MR) is 53.5 cm³/mol. The van der Waals surface area contributed by atoms with Crippen molar-refractivity contribution in [2.24, 2.45) is 5.92 Å². The van der Waals surface area contributed by atoms with Gasteiger partial charge in [-0.05, 0) is 18.8 Å². The van der Waals surface area contributed by atoms with Crippen LogP contribution in [0.1, 0.15) is 26.2 Å². The molecule has 0 aliphatic carbocycles. The zero-order chi connectivity index (χ0) is 11.2. The zero-order valence-electron chi connectivity index (χ0n) is 8.49. The molecule has 0 rings (SSSR count). The van der Waals surface area contributed by atoms with Gasteiger partial charge in [0.15, 0.2) is 0 Å². The van der Waals surface area contributed by atoms with Gasteiger partial charge in [-0.2, -0.15) is 0 Å². The number of carbonyl (C=O) groups is 1. The first-order valence-electron chi connectivity index (χ1n) is 4.47. The smallest absolute Gasteiger partial charge is 0.303 e. The van der Waals surface area contributed by atoms with Crippen LogP contribution in [-0.2, 0) is 14.8 Å². The molecule has 1 atom stereocenters. The molecule has 0 saturated carbocycles. The molecule has 0 heterocycles. The van der Waals surface area contributed by atoms with Crippen LogP contribution in [0, 0.1) is 5.92 Å². The lowest BCUT2D eigenvalue weighted by Crippen LogP contribution is -2.24. The fourth-order valence-electron chi connectivity index (χ4n) is 1.00. The van der Waals surface area contributed by atoms with E-state index >= 15 is 0 Å². The van der Waals surface area contributed by atoms with Crippen LogP contribution in [0.2, 0.25) is 0 Å². The van der Waals surface area contributed by atoms with Crippen LogP contribution in [0.3, 0.4) is 0 Å². The average molecular weight is 223 g/mol. The quantitative estimate of drug-likeness (QED) is 0.655. The van der Waals surface area contributed by atoms with Crippen molar-refractivity contribution < 1.29 is 18.3 Å². The van der Waals surface area contributed by atoms with Crippen molar-refractivity contribution in [1.82, 2.24) is 4.72 Å². The molecule has 0 aromatic heterocycles. The van der Waals surface area contributed by atoms with Crippen LogP contribution in [0.25, 0.3) is 0 Å². The monoisotopic (exact) mass is 223 g/mol. The van der Waals surface area contributed by atoms with Crippen LogP contribution in [0.5, 0.6) is 0 Å². The Morgan fingerprint density at radius 1 is 1.43 bits per heavy atom. The highest BCUT2D eigenvalue weighted by molar-refractivity contribution is 7.88. The number of nitrogens with one attached hydrogen (secondary N) is 1. The molecule has 0 aromatic rings. The number of hydrogen-bond donors (Lipinski definition) is 2. The van der Waals surface area contributed by atoms with E-state index in [1.807, 2.05) is 6.92 Å². The molecule has 0 amide bonds. The summed E-state index contributed by atoms with van der Waals surface area (Å²) in [7, 11) is -3.12. The van der Waals surface area contributed by atoms with Gasteiger partial charge in [-0.25, -0.2) is 13.1 Å². The third-order valence-corrected chi connectivity index (χ3v) is 2.58. The van der Waals surface area contributed by atoms with Gasteiger partial charge in [0.25, 0.3) is 0 Å². The first-order chi connectivity index (χ1) is 6.31. The first kappa shape index (κ1) is 13.4. The summed E-state index contributed by atoms with van der Waals surface area (Å²) in [6.45, 7) is 2.28. The van der Waals surface area contributed by atoms with Gasteiger partial charge >= 0.3 is 5.97 Å². The number of hydrogen-bond acceptors (Lipinski definition) is 3. The predicted octanol–water partition coefficient (Wildman–Crippen LogP) is 0.427. The highest BCUT2D eigenvalue weighted by Crippen LogP contribution is 2.09. The first-order valence-corrected chi connectivity index (χ1v) is 6.37. The molecular weight excluding hydrogens is 206 g/mol. The Morgan fingerprint density at radius 3 is 2.43 bits per heavy atom. The summed E-state index contributed by atoms with van der Waals surface area (Å²) in [6, 6.07) is 0. The van der Waals surface area contributed by atoms with E-state index in [4.69, 9.17) is 5.11 Å². The van der Waals surface area contributed by atoms with Gasteiger partial charge in [0, 0.05) is 13.0 Å². The molecule has 0 fully saturated rings. The van der Waals surface area contributed by atoms with Crippen molar-refractivity contribution in [2.45, 2.75) is 26.2 Å². The molecule has 0 aliphatic heterocycles. The van der Waals surface area contributed by atoms with Gasteiger partial charge in [-0.3, -0.25) is 4.79 Å². The number of carboxylic acids is 1. The van der Waals surface area contributed by atoms with E-state index < -0.39 is 16.0 Å². The van der Waals surface area contributed by atoms with E-state index in [1.165, 1.54) is 0 Å². The molecule has 0 bridgehead atoms. The maximum Gasteiger partial charge on any atom is 0.303 e. The maximum absolute atomic E-state index is 10.7. The van der Waals surface area contributed by atoms with Crippen LogP contribution in [0.15, 0.2) is 0 Å². The summed E-state index contributed by atoms with van der Waals surface area (Å²) in [5.41, 5.74) is 0. The summed E-state index contributed by atoms with van der Waals surface area (Å²) in [6.07, 6.45) is 2.50. The molecular formula is C8H17NO4S. The van der Waals surface area contributed by atoms with Crippen molar-refractivity contribution in [3.63, 3.8) is 0 Å². The Labute approximate surface area is 84.6 Å². The maximum atomic E-state index is 10.7. The second-order valence-corrected chi connectivity index (χ2v) is 5.33. The van der Waals surface area contributed by atoms with Gasteiger partial charge in [-0.15, -0.1) is 0 Å². The second kappa shape index (κ2) is 5.98. The van der Waals surface area contributed by atoms with E-state index in [9.17, 15) is 13.2 Å². The lowest BCUT2D eigenvalue weighted by Gasteiger charge is -2.09. The van der Waals surface area contributed by atoms with Gasteiger partial charge in [0.2, 0.25) is 10.0 Å². The largest absolute Gasteiger partial charge is 0.481 e. The van der Waals surface area contributed by atoms with Gasteiger partial charge < -0.3 is 5.11 Å². The number of carboxylic acid groups (broad SMARTS) is 1. The fraction of sp³-hybridized carbons (Fsp3) is 0.875.